The zero-order valence-electron chi connectivity index (χ0n) is 93.0. The molecule has 0 amide bonds. The Kier molecular flexibility index (Phi) is 24.5. The normalized spacial score (nSPS) is 14.4. The third-order valence-corrected chi connectivity index (χ3v) is 30.7. The van der Waals surface area contributed by atoms with Gasteiger partial charge in [-0.15, -0.1) is 0 Å². The van der Waals surface area contributed by atoms with Crippen LogP contribution in [0.15, 0.2) is 231 Å². The first-order chi connectivity index (χ1) is 63.2. The molecule has 2 aliphatic heterocycles. The van der Waals surface area contributed by atoms with Gasteiger partial charge >= 0.3 is 0 Å². The van der Waals surface area contributed by atoms with E-state index in [1.807, 2.05) is 0 Å². The van der Waals surface area contributed by atoms with Crippen molar-refractivity contribution in [2.75, 3.05) is 9.80 Å². The number of anilines is 6. The van der Waals surface area contributed by atoms with Crippen LogP contribution in [0.2, 0.25) is 0 Å². The molecule has 0 saturated heterocycles. The number of rotatable bonds is 9. The summed E-state index contributed by atoms with van der Waals surface area (Å²) in [7, 11) is 0. The predicted molar refractivity (Wildman–Crippen MR) is 608 cm³/mol. The first kappa shape index (κ1) is 100. The Bertz CT molecular complexity index is 6830. The van der Waals surface area contributed by atoms with E-state index in [-0.39, 0.29) is 88.4 Å². The van der Waals surface area contributed by atoms with Crippen molar-refractivity contribution in [3.05, 3.63) is 325 Å². The predicted octanol–water partition coefficient (Wildman–Crippen LogP) is 37.1. The van der Waals surface area contributed by atoms with Crippen LogP contribution in [-0.2, 0) is 75.8 Å². The van der Waals surface area contributed by atoms with Gasteiger partial charge < -0.3 is 9.80 Å². The number of nitrogens with zero attached hydrogens (tertiary/aromatic N) is 2. The lowest BCUT2D eigenvalue weighted by Gasteiger charge is -2.46. The van der Waals surface area contributed by atoms with E-state index < -0.39 is 0 Å². The van der Waals surface area contributed by atoms with E-state index in [2.05, 4.69) is 531 Å². The molecule has 718 valence electrons. The second-order valence-electron chi connectivity index (χ2n) is 56.3. The fourth-order valence-corrected chi connectivity index (χ4v) is 21.4. The Morgan fingerprint density at radius 3 is 0.819 bits per heavy atom. The molecule has 138 heavy (non-hydrogen) atoms. The van der Waals surface area contributed by atoms with E-state index in [0.717, 1.165) is 28.3 Å². The highest BCUT2D eigenvalue weighted by Gasteiger charge is 2.49. The first-order valence-electron chi connectivity index (χ1n) is 51.8. The minimum absolute atomic E-state index is 0.0818. The van der Waals surface area contributed by atoms with Crippen molar-refractivity contribution in [3.63, 3.8) is 0 Å². The monoisotopic (exact) mass is 1830 g/mol. The molecule has 3 aliphatic rings. The Morgan fingerprint density at radius 2 is 0.449 bits per heavy atom. The summed E-state index contributed by atoms with van der Waals surface area (Å²) < 4.78 is 0. The molecule has 0 fully saturated rings. The maximum atomic E-state index is 2.90. The standard InChI is InChI=1S/C135H165BN2/c1-122(2,3)88-49-43-81(44-50-88)103-76-98(132(31,32)33)78-108(100-57-53-93(127(16,17)18)80-111(100)135(40,41)42)120(103)138-115-68-84(118-101-58-54-90(124(7,8)9)73-105(101)106-74-91(125(10,11)12)55-59-102(106)118)48-62-113(115)136-112-61-47-83(85-63-94(128(19,20)21)71-95(64-85)129(22,23)24)67-114(112)137(116-69-87(70-117(138)119(116)136)86-65-96(130(25,26)27)72-97(66-86)131(28,29)30)121-104(82-45-51-89(52-46-82)123(4,5)6)77-99(133(34,35)36)79-109(121)107-75-92(126(13,14)15)56-60-110(107)134(37,38)39/h43-80,118H,1-42H3. The summed E-state index contributed by atoms with van der Waals surface area (Å²) in [6, 6.07) is 96.9. The third kappa shape index (κ3) is 19.1. The SMILES string of the molecule is CC(C)(C)c1ccc(-c2cc(C(C)(C)C)cc(-c3cc(C(C)(C)C)ccc3C(C)(C)C)c2N2c3cc(-c4cc(C(C)(C)C)cc(C(C)(C)C)c4)ccc3B3c4ccc(C5c6ccc(C(C)(C)C)cc6-c6cc(C(C)(C)C)ccc65)cc4N(c4c(-c5ccc(C(C)(C)C)cc5)cc(C(C)(C)C)cc4-c4ccc(C(C)(C)C)cc4C(C)(C)C)c4cc(-c5cc(C(C)(C)C)cc(C(C)(C)C)c5)cc2c43)cc1. The minimum Gasteiger partial charge on any atom is -0.310 e. The fourth-order valence-electron chi connectivity index (χ4n) is 21.4. The van der Waals surface area contributed by atoms with Gasteiger partial charge in [-0.1, -0.05) is 473 Å². The van der Waals surface area contributed by atoms with Crippen LogP contribution in [0.4, 0.5) is 34.1 Å². The molecule has 16 rings (SSSR count). The summed E-state index contributed by atoms with van der Waals surface area (Å²) in [5, 5.41) is 0. The molecule has 3 heteroatoms. The van der Waals surface area contributed by atoms with Crippen LogP contribution in [0.1, 0.15) is 391 Å². The maximum absolute atomic E-state index is 2.90. The Hall–Kier alpha value is -10.5. The van der Waals surface area contributed by atoms with Gasteiger partial charge in [-0.25, -0.2) is 0 Å². The van der Waals surface area contributed by atoms with E-state index in [4.69, 9.17) is 0 Å². The number of fused-ring (bicyclic) bond motifs is 7. The molecule has 0 unspecified atom stereocenters. The third-order valence-electron chi connectivity index (χ3n) is 30.7. The lowest BCUT2D eigenvalue weighted by atomic mass is 9.33. The van der Waals surface area contributed by atoms with Crippen molar-refractivity contribution < 1.29 is 0 Å². The molecule has 0 radical (unpaired) electrons. The molecule has 0 atom stereocenters. The number of benzene rings is 13. The van der Waals surface area contributed by atoms with Crippen LogP contribution in [0, 0.1) is 0 Å². The first-order valence-corrected chi connectivity index (χ1v) is 51.8. The van der Waals surface area contributed by atoms with Gasteiger partial charge in [0.15, 0.2) is 0 Å². The van der Waals surface area contributed by atoms with Gasteiger partial charge in [0.05, 0.1) is 11.4 Å². The molecular weight excluding hydrogens is 1660 g/mol. The summed E-state index contributed by atoms with van der Waals surface area (Å²) in [5.41, 5.74) is 47.6. The van der Waals surface area contributed by atoms with Crippen molar-refractivity contribution in [1.29, 1.82) is 0 Å². The summed E-state index contributed by atoms with van der Waals surface area (Å²) in [6.07, 6.45) is 0. The van der Waals surface area contributed by atoms with Gasteiger partial charge in [0, 0.05) is 50.9 Å². The van der Waals surface area contributed by atoms with Crippen LogP contribution in [0.5, 0.6) is 0 Å². The molecule has 0 bridgehead atoms. The van der Waals surface area contributed by atoms with Crippen LogP contribution in [-0.4, -0.2) is 6.71 Å². The Balaban J connectivity index is 1.21. The Morgan fingerprint density at radius 1 is 0.174 bits per heavy atom. The average Bonchev–Trinajstić information content (AvgIpc) is 0.761. The van der Waals surface area contributed by atoms with Crippen molar-refractivity contribution in [2.24, 2.45) is 0 Å². The van der Waals surface area contributed by atoms with Gasteiger partial charge in [-0.3, -0.25) is 0 Å². The van der Waals surface area contributed by atoms with Crippen molar-refractivity contribution in [1.82, 2.24) is 0 Å². The molecule has 2 heterocycles. The molecule has 0 spiro atoms. The van der Waals surface area contributed by atoms with Gasteiger partial charge in [0.2, 0.25) is 0 Å². The average molecular weight is 1830 g/mol. The van der Waals surface area contributed by atoms with E-state index in [0.29, 0.717) is 0 Å². The summed E-state index contributed by atoms with van der Waals surface area (Å²) >= 11 is 0. The van der Waals surface area contributed by atoms with E-state index >= 15 is 0 Å². The van der Waals surface area contributed by atoms with Crippen LogP contribution < -0.4 is 26.2 Å². The van der Waals surface area contributed by atoms with E-state index in [1.165, 1.54) is 195 Å². The second-order valence-corrected chi connectivity index (χ2v) is 56.3. The smallest absolute Gasteiger partial charge is 0.252 e. The highest BCUT2D eigenvalue weighted by atomic mass is 15.2. The van der Waals surface area contributed by atoms with Gasteiger partial charge in [0.25, 0.3) is 6.71 Å². The highest BCUT2D eigenvalue weighted by Crippen LogP contribution is 2.60. The minimum atomic E-state index is -0.322. The summed E-state index contributed by atoms with van der Waals surface area (Å²) in [6.45, 7) is 101. The fraction of sp³-hybridized carbons (Fsp3) is 0.422. The Labute approximate surface area is 836 Å². The second kappa shape index (κ2) is 33.6. The zero-order chi connectivity index (χ0) is 101. The molecule has 13 aromatic rings. The molecular formula is C135H165BN2. The van der Waals surface area contributed by atoms with Gasteiger partial charge in [0.1, 0.15) is 0 Å². The topological polar surface area (TPSA) is 6.48 Å². The zero-order valence-corrected chi connectivity index (χ0v) is 93.0. The largest absolute Gasteiger partial charge is 0.310 e. The summed E-state index contributed by atoms with van der Waals surface area (Å²) in [5.74, 6) is -0.104. The molecule has 13 aromatic carbocycles. The van der Waals surface area contributed by atoms with Gasteiger partial charge in [-0.2, -0.15) is 0 Å². The lowest BCUT2D eigenvalue weighted by molar-refractivity contribution is 0.568. The molecule has 0 saturated carbocycles. The van der Waals surface area contributed by atoms with Crippen molar-refractivity contribution >= 4 is 57.2 Å². The molecule has 0 N–H and O–H groups in total. The number of hydrogen-bond donors (Lipinski definition) is 0. The molecule has 0 aromatic heterocycles. The van der Waals surface area contributed by atoms with Crippen molar-refractivity contribution in [3.8, 4) is 77.9 Å². The van der Waals surface area contributed by atoms with E-state index in [1.54, 1.807) is 0 Å². The van der Waals surface area contributed by atoms with Crippen molar-refractivity contribution in [2.45, 2.75) is 373 Å². The molecule has 1 aliphatic carbocycles. The van der Waals surface area contributed by atoms with Crippen LogP contribution >= 0.6 is 0 Å². The van der Waals surface area contributed by atoms with E-state index in [9.17, 15) is 0 Å². The highest BCUT2D eigenvalue weighted by molar-refractivity contribution is 7.00. The van der Waals surface area contributed by atoms with Crippen LogP contribution in [0.25, 0.3) is 77.9 Å². The maximum Gasteiger partial charge on any atom is 0.252 e. The summed E-state index contributed by atoms with van der Waals surface area (Å²) in [4.78, 5) is 5.79. The lowest BCUT2D eigenvalue weighted by Crippen LogP contribution is -2.61. The number of hydrogen-bond acceptors (Lipinski definition) is 2. The quantitative estimate of drug-likeness (QED) is 0.133. The van der Waals surface area contributed by atoms with Gasteiger partial charge in [-0.05, 0) is 291 Å². The molecule has 2 nitrogen and oxygen atoms in total. The van der Waals surface area contributed by atoms with Crippen LogP contribution in [0.3, 0.4) is 0 Å².